The van der Waals surface area contributed by atoms with Crippen molar-refractivity contribution in [3.63, 3.8) is 0 Å². The molecule has 1 saturated heterocycles. The molecular weight excluding hydrogens is 475 g/mol. The first kappa shape index (κ1) is 22.3. The summed E-state index contributed by atoms with van der Waals surface area (Å²) < 4.78 is 7.03. The van der Waals surface area contributed by atoms with Crippen LogP contribution in [0.25, 0.3) is 16.6 Å². The van der Waals surface area contributed by atoms with Crippen molar-refractivity contribution >= 4 is 45.7 Å². The van der Waals surface area contributed by atoms with Gasteiger partial charge >= 0.3 is 0 Å². The maximum absolute atomic E-state index is 13.2. The maximum atomic E-state index is 13.2. The molecule has 10 heteroatoms. The van der Waals surface area contributed by atoms with Crippen LogP contribution >= 0.6 is 23.2 Å². The minimum atomic E-state index is -0.430. The minimum absolute atomic E-state index is 0.0201. The topological polar surface area (TPSA) is 105 Å². The van der Waals surface area contributed by atoms with E-state index >= 15 is 0 Å². The van der Waals surface area contributed by atoms with Crippen LogP contribution in [0.5, 0.6) is 0 Å². The highest BCUT2D eigenvalue weighted by molar-refractivity contribution is 6.37. The van der Waals surface area contributed by atoms with E-state index in [2.05, 4.69) is 26.7 Å². The molecule has 3 heterocycles. The number of nitriles is 1. The van der Waals surface area contributed by atoms with Crippen molar-refractivity contribution in [3.05, 3.63) is 86.4 Å². The Balaban J connectivity index is 1.49. The largest absolute Gasteiger partial charge is 0.371 e. The highest BCUT2D eigenvalue weighted by atomic mass is 35.5. The molecule has 1 fully saturated rings. The first-order chi connectivity index (χ1) is 16.5. The van der Waals surface area contributed by atoms with Gasteiger partial charge in [0.05, 0.1) is 39.4 Å². The van der Waals surface area contributed by atoms with E-state index in [-0.39, 0.29) is 38.6 Å². The molecule has 170 valence electrons. The van der Waals surface area contributed by atoms with Crippen LogP contribution in [0, 0.1) is 11.3 Å². The molecule has 1 unspecified atom stereocenters. The number of para-hydroxylation sites is 1. The molecule has 1 aliphatic rings. The third-order valence-corrected chi connectivity index (χ3v) is 6.13. The third-order valence-electron chi connectivity index (χ3n) is 5.52. The summed E-state index contributed by atoms with van der Waals surface area (Å²) in [5, 5.41) is 16.9. The lowest BCUT2D eigenvalue weighted by molar-refractivity contribution is 0.0277. The number of hydrogen-bond donors (Lipinski definition) is 2. The van der Waals surface area contributed by atoms with Gasteiger partial charge in [0.2, 0.25) is 5.95 Å². The average Bonchev–Trinajstić information content (AvgIpc) is 2.86. The fourth-order valence-corrected chi connectivity index (χ4v) is 4.42. The van der Waals surface area contributed by atoms with Gasteiger partial charge in [-0.25, -0.2) is 9.97 Å². The number of nitrogens with zero attached hydrogens (tertiary/aromatic N) is 4. The zero-order valence-corrected chi connectivity index (χ0v) is 19.3. The van der Waals surface area contributed by atoms with Gasteiger partial charge in [-0.3, -0.25) is 9.36 Å². The molecule has 5 rings (SSSR count). The highest BCUT2D eigenvalue weighted by Gasteiger charge is 2.17. The van der Waals surface area contributed by atoms with Gasteiger partial charge in [-0.15, -0.1) is 0 Å². The van der Waals surface area contributed by atoms with Gasteiger partial charge in [0.25, 0.3) is 5.56 Å². The minimum Gasteiger partial charge on any atom is -0.371 e. The van der Waals surface area contributed by atoms with Crippen LogP contribution in [-0.2, 0) is 4.74 Å². The predicted molar refractivity (Wildman–Crippen MR) is 131 cm³/mol. The number of hydrogen-bond acceptors (Lipinski definition) is 7. The lowest BCUT2D eigenvalue weighted by atomic mass is 10.1. The molecular formula is C24H18Cl2N6O2. The number of benzene rings is 2. The van der Waals surface area contributed by atoms with Crippen molar-refractivity contribution in [1.29, 1.82) is 5.26 Å². The summed E-state index contributed by atoms with van der Waals surface area (Å²) in [6, 6.07) is 14.8. The Morgan fingerprint density at radius 1 is 1.18 bits per heavy atom. The zero-order valence-electron chi connectivity index (χ0n) is 17.8. The summed E-state index contributed by atoms with van der Waals surface area (Å²) in [5.74, 6) is 0.264. The Morgan fingerprint density at radius 3 is 2.62 bits per heavy atom. The van der Waals surface area contributed by atoms with Crippen LogP contribution in [0.15, 0.2) is 59.7 Å². The van der Waals surface area contributed by atoms with Gasteiger partial charge in [-0.1, -0.05) is 41.4 Å². The number of anilines is 2. The van der Waals surface area contributed by atoms with E-state index < -0.39 is 5.56 Å². The van der Waals surface area contributed by atoms with Crippen LogP contribution in [0.2, 0.25) is 10.0 Å². The third kappa shape index (κ3) is 4.22. The lowest BCUT2D eigenvalue weighted by Crippen LogP contribution is -2.33. The average molecular weight is 493 g/mol. The van der Waals surface area contributed by atoms with Crippen molar-refractivity contribution in [2.75, 3.05) is 25.0 Å². The summed E-state index contributed by atoms with van der Waals surface area (Å²) in [7, 11) is 0. The Morgan fingerprint density at radius 2 is 1.94 bits per heavy atom. The number of aromatic nitrogens is 3. The summed E-state index contributed by atoms with van der Waals surface area (Å²) in [5.41, 5.74) is 2.13. The van der Waals surface area contributed by atoms with Gasteiger partial charge < -0.3 is 15.4 Å². The molecule has 8 nitrogen and oxygen atoms in total. The van der Waals surface area contributed by atoms with Gasteiger partial charge in [0.15, 0.2) is 0 Å². The fraction of sp³-hybridized carbons (Fsp3) is 0.167. The number of pyridine rings is 1. The molecule has 4 aromatic rings. The molecule has 2 aromatic heterocycles. The molecule has 34 heavy (non-hydrogen) atoms. The SMILES string of the molecule is N#Cc1cn(-c2c(Cl)cccc2Cl)c(=O)c2cnc(Nc3ccc(C4CNCCO4)cc3)nc12. The Kier molecular flexibility index (Phi) is 6.18. The second kappa shape index (κ2) is 9.41. The summed E-state index contributed by atoms with van der Waals surface area (Å²) >= 11 is 12.6. The van der Waals surface area contributed by atoms with E-state index in [9.17, 15) is 10.1 Å². The van der Waals surface area contributed by atoms with Crippen molar-refractivity contribution < 1.29 is 4.74 Å². The first-order valence-electron chi connectivity index (χ1n) is 10.5. The van der Waals surface area contributed by atoms with Gasteiger partial charge in [-0.2, -0.15) is 5.26 Å². The van der Waals surface area contributed by atoms with E-state index in [1.54, 1.807) is 18.2 Å². The molecule has 0 aliphatic carbocycles. The Labute approximate surface area is 204 Å². The van der Waals surface area contributed by atoms with Crippen LogP contribution in [0.1, 0.15) is 17.2 Å². The number of morpholine rings is 1. The van der Waals surface area contributed by atoms with Gasteiger partial charge in [-0.05, 0) is 29.8 Å². The molecule has 2 aromatic carbocycles. The first-order valence-corrected chi connectivity index (χ1v) is 11.3. The zero-order chi connectivity index (χ0) is 23.7. The molecule has 1 atom stereocenters. The lowest BCUT2D eigenvalue weighted by Gasteiger charge is -2.24. The quantitative estimate of drug-likeness (QED) is 0.435. The Bertz CT molecular complexity index is 1450. The van der Waals surface area contributed by atoms with E-state index in [1.165, 1.54) is 17.0 Å². The van der Waals surface area contributed by atoms with Crippen LogP contribution in [0.4, 0.5) is 11.6 Å². The molecule has 1 aliphatic heterocycles. The van der Waals surface area contributed by atoms with Crippen LogP contribution < -0.4 is 16.2 Å². The van der Waals surface area contributed by atoms with Gasteiger partial charge in [0.1, 0.15) is 11.6 Å². The summed E-state index contributed by atoms with van der Waals surface area (Å²) in [4.78, 5) is 21.9. The number of halogens is 2. The summed E-state index contributed by atoms with van der Waals surface area (Å²) in [6.07, 6.45) is 2.80. The van der Waals surface area contributed by atoms with Crippen molar-refractivity contribution in [2.45, 2.75) is 6.10 Å². The number of rotatable bonds is 4. The number of fused-ring (bicyclic) bond motifs is 1. The van der Waals surface area contributed by atoms with Gasteiger partial charge in [0, 0.05) is 31.2 Å². The van der Waals surface area contributed by atoms with E-state index in [1.807, 2.05) is 24.3 Å². The predicted octanol–water partition coefficient (Wildman–Crippen LogP) is 4.36. The molecule has 0 spiro atoms. The van der Waals surface area contributed by atoms with E-state index in [4.69, 9.17) is 27.9 Å². The number of ether oxygens (including phenoxy) is 1. The highest BCUT2D eigenvalue weighted by Crippen LogP contribution is 2.29. The van der Waals surface area contributed by atoms with Crippen LogP contribution in [0.3, 0.4) is 0 Å². The van der Waals surface area contributed by atoms with Crippen molar-refractivity contribution in [2.24, 2.45) is 0 Å². The fourth-order valence-electron chi connectivity index (χ4n) is 3.84. The second-order valence-corrected chi connectivity index (χ2v) is 8.48. The molecule has 2 N–H and O–H groups in total. The smallest absolute Gasteiger partial charge is 0.266 e. The van der Waals surface area contributed by atoms with Crippen molar-refractivity contribution in [3.8, 4) is 11.8 Å². The molecule has 0 radical (unpaired) electrons. The Hall–Kier alpha value is -3.48. The van der Waals surface area contributed by atoms with Crippen molar-refractivity contribution in [1.82, 2.24) is 19.9 Å². The molecule has 0 amide bonds. The van der Waals surface area contributed by atoms with E-state index in [0.717, 1.165) is 24.3 Å². The number of nitrogens with one attached hydrogen (secondary N) is 2. The van der Waals surface area contributed by atoms with E-state index in [0.29, 0.717) is 12.3 Å². The second-order valence-electron chi connectivity index (χ2n) is 7.67. The maximum Gasteiger partial charge on any atom is 0.266 e. The molecule has 0 bridgehead atoms. The van der Waals surface area contributed by atoms with Crippen LogP contribution in [-0.4, -0.2) is 34.2 Å². The summed E-state index contributed by atoms with van der Waals surface area (Å²) in [6.45, 7) is 2.31. The monoisotopic (exact) mass is 492 g/mol. The standard InChI is InChI=1S/C24H18Cl2N6O2/c25-18-2-1-3-19(26)22(18)32-13-15(10-27)21-17(23(32)33)11-29-24(31-21)30-16-6-4-14(5-7-16)20-12-28-8-9-34-20/h1-7,11,13,20,28H,8-9,12H2,(H,29,30,31). The normalized spacial score (nSPS) is 15.7. The molecule has 0 saturated carbocycles.